The fourth-order valence-corrected chi connectivity index (χ4v) is 3.16. The molecule has 3 rings (SSSR count). The zero-order valence-electron chi connectivity index (χ0n) is 16.0. The number of amides is 1. The number of halogens is 2. The van der Waals surface area contributed by atoms with Crippen LogP contribution in [0, 0.1) is 25.5 Å². The van der Waals surface area contributed by atoms with E-state index in [9.17, 15) is 13.6 Å². The zero-order valence-corrected chi connectivity index (χ0v) is 16.0. The second-order valence-electron chi connectivity index (χ2n) is 6.83. The number of aryl methyl sites for hydroxylation is 3. The highest BCUT2D eigenvalue weighted by Crippen LogP contribution is 2.24. The average Bonchev–Trinajstić information content (AvgIpc) is 2.66. The molecule has 0 bridgehead atoms. The van der Waals surface area contributed by atoms with E-state index in [1.54, 1.807) is 18.3 Å². The molecule has 1 aromatic heterocycles. The minimum absolute atomic E-state index is 0.0534. The first-order valence-corrected chi connectivity index (χ1v) is 9.15. The zero-order chi connectivity index (χ0) is 20.1. The average molecular weight is 380 g/mol. The summed E-state index contributed by atoms with van der Waals surface area (Å²) in [6.07, 6.45) is 2.38. The molecule has 0 aliphatic heterocycles. The summed E-state index contributed by atoms with van der Waals surface area (Å²) >= 11 is 0. The molecule has 0 atom stereocenters. The van der Waals surface area contributed by atoms with Gasteiger partial charge in [-0.05, 0) is 55.7 Å². The van der Waals surface area contributed by atoms with Crippen molar-refractivity contribution in [3.8, 4) is 0 Å². The number of rotatable bonds is 6. The molecule has 2 aromatic carbocycles. The summed E-state index contributed by atoms with van der Waals surface area (Å²) in [6, 6.07) is 14.7. The van der Waals surface area contributed by atoms with E-state index < -0.39 is 11.6 Å². The fourth-order valence-electron chi connectivity index (χ4n) is 3.16. The number of pyridine rings is 1. The summed E-state index contributed by atoms with van der Waals surface area (Å²) < 4.78 is 27.7. The molecule has 0 aliphatic carbocycles. The molecule has 1 heterocycles. The molecule has 1 amide bonds. The summed E-state index contributed by atoms with van der Waals surface area (Å²) in [6.45, 7) is 4.15. The van der Waals surface area contributed by atoms with E-state index in [1.165, 1.54) is 11.0 Å². The van der Waals surface area contributed by atoms with Gasteiger partial charge in [0.15, 0.2) is 0 Å². The Bertz CT molecular complexity index is 974. The molecule has 0 N–H and O–H groups in total. The van der Waals surface area contributed by atoms with E-state index in [1.807, 2.05) is 32.0 Å². The number of nitrogens with zero attached hydrogens (tertiary/aromatic N) is 2. The lowest BCUT2D eigenvalue weighted by Crippen LogP contribution is -2.31. The molecule has 5 heteroatoms. The van der Waals surface area contributed by atoms with Crippen molar-refractivity contribution in [2.75, 3.05) is 4.90 Å². The first-order chi connectivity index (χ1) is 13.4. The van der Waals surface area contributed by atoms with Crippen molar-refractivity contribution in [3.63, 3.8) is 0 Å². The van der Waals surface area contributed by atoms with Gasteiger partial charge in [-0.15, -0.1) is 0 Å². The minimum Gasteiger partial charge on any atom is -0.304 e. The van der Waals surface area contributed by atoms with Gasteiger partial charge in [-0.25, -0.2) is 8.78 Å². The number of carbonyl (C=O) groups excluding carboxylic acids is 1. The number of carbonyl (C=O) groups is 1. The molecule has 0 saturated heterocycles. The largest absolute Gasteiger partial charge is 0.304 e. The van der Waals surface area contributed by atoms with E-state index in [4.69, 9.17) is 0 Å². The highest BCUT2D eigenvalue weighted by Gasteiger charge is 2.20. The second kappa shape index (κ2) is 8.74. The van der Waals surface area contributed by atoms with Crippen LogP contribution in [-0.4, -0.2) is 10.9 Å². The molecule has 0 radical (unpaired) electrons. The maximum atomic E-state index is 14.4. The lowest BCUT2D eigenvalue weighted by Gasteiger charge is -2.23. The summed E-state index contributed by atoms with van der Waals surface area (Å²) in [5.41, 5.74) is 4.05. The van der Waals surface area contributed by atoms with Gasteiger partial charge in [0.2, 0.25) is 5.91 Å². The Morgan fingerprint density at radius 2 is 1.86 bits per heavy atom. The number of aromatic nitrogens is 1. The lowest BCUT2D eigenvalue weighted by atomic mass is 10.0. The molecule has 0 saturated carbocycles. The van der Waals surface area contributed by atoms with Gasteiger partial charge in [0.1, 0.15) is 11.6 Å². The number of benzene rings is 2. The van der Waals surface area contributed by atoms with E-state index in [0.717, 1.165) is 28.8 Å². The molecule has 0 spiro atoms. The summed E-state index contributed by atoms with van der Waals surface area (Å²) in [7, 11) is 0. The Morgan fingerprint density at radius 1 is 1.04 bits per heavy atom. The number of hydrogen-bond acceptors (Lipinski definition) is 2. The van der Waals surface area contributed by atoms with Crippen molar-refractivity contribution in [1.82, 2.24) is 4.98 Å². The van der Waals surface area contributed by atoms with Gasteiger partial charge in [-0.1, -0.05) is 29.8 Å². The fraction of sp³-hybridized carbons (Fsp3) is 0.217. The summed E-state index contributed by atoms with van der Waals surface area (Å²) in [5.74, 6) is -1.69. The highest BCUT2D eigenvalue weighted by atomic mass is 19.1. The van der Waals surface area contributed by atoms with Gasteiger partial charge in [0, 0.05) is 18.7 Å². The van der Waals surface area contributed by atoms with Gasteiger partial charge in [-0.3, -0.25) is 9.78 Å². The van der Waals surface area contributed by atoms with Crippen molar-refractivity contribution in [3.05, 3.63) is 94.8 Å². The quantitative estimate of drug-likeness (QED) is 0.593. The van der Waals surface area contributed by atoms with Crippen LogP contribution in [0.5, 0.6) is 0 Å². The van der Waals surface area contributed by atoms with Crippen LogP contribution in [0.1, 0.15) is 28.8 Å². The van der Waals surface area contributed by atoms with Crippen molar-refractivity contribution in [2.24, 2.45) is 0 Å². The van der Waals surface area contributed by atoms with Crippen LogP contribution in [0.15, 0.2) is 60.8 Å². The van der Waals surface area contributed by atoms with E-state index in [-0.39, 0.29) is 24.6 Å². The topological polar surface area (TPSA) is 33.2 Å². The number of hydrogen-bond donors (Lipinski definition) is 0. The molecule has 0 aliphatic rings. The maximum Gasteiger partial charge on any atom is 0.227 e. The van der Waals surface area contributed by atoms with Gasteiger partial charge in [0.25, 0.3) is 0 Å². The molecular formula is C23H22F2N2O. The minimum atomic E-state index is -0.768. The Balaban J connectivity index is 1.83. The van der Waals surface area contributed by atoms with Crippen molar-refractivity contribution >= 4 is 11.6 Å². The van der Waals surface area contributed by atoms with E-state index in [2.05, 4.69) is 11.1 Å². The van der Waals surface area contributed by atoms with Crippen LogP contribution >= 0.6 is 0 Å². The highest BCUT2D eigenvalue weighted by molar-refractivity contribution is 5.93. The third-order valence-electron chi connectivity index (χ3n) is 4.65. The Hall–Kier alpha value is -3.08. The predicted octanol–water partition coefficient (Wildman–Crippen LogP) is 5.14. The molecule has 144 valence electrons. The summed E-state index contributed by atoms with van der Waals surface area (Å²) in [4.78, 5) is 18.5. The Labute approximate surface area is 163 Å². The second-order valence-corrected chi connectivity index (χ2v) is 6.83. The SMILES string of the molecule is Cc1ccc(CCC(=O)N(Cc2ccccn2)c2ccc(F)cc2F)c(C)c1. The first kappa shape index (κ1) is 19.7. The lowest BCUT2D eigenvalue weighted by molar-refractivity contribution is -0.118. The summed E-state index contributed by atoms with van der Waals surface area (Å²) in [5, 5.41) is 0. The third kappa shape index (κ3) is 4.80. The van der Waals surface area contributed by atoms with E-state index >= 15 is 0 Å². The molecule has 3 nitrogen and oxygen atoms in total. The standard InChI is InChI=1S/C23H22F2N2O/c1-16-6-7-18(17(2)13-16)8-11-23(28)27(15-20-5-3-4-12-26-20)22-10-9-19(24)14-21(22)25/h3-7,9-10,12-14H,8,11,15H2,1-2H3. The van der Waals surface area contributed by atoms with Crippen molar-refractivity contribution in [2.45, 2.75) is 33.2 Å². The van der Waals surface area contributed by atoms with E-state index in [0.29, 0.717) is 12.1 Å². The van der Waals surface area contributed by atoms with Crippen LogP contribution in [-0.2, 0) is 17.8 Å². The van der Waals surface area contributed by atoms with Crippen LogP contribution < -0.4 is 4.90 Å². The smallest absolute Gasteiger partial charge is 0.227 e. The van der Waals surface area contributed by atoms with Gasteiger partial charge in [-0.2, -0.15) is 0 Å². The monoisotopic (exact) mass is 380 g/mol. The van der Waals surface area contributed by atoms with Gasteiger partial charge < -0.3 is 4.90 Å². The van der Waals surface area contributed by atoms with Crippen molar-refractivity contribution < 1.29 is 13.6 Å². The molecule has 0 fully saturated rings. The van der Waals surface area contributed by atoms with Crippen LogP contribution in [0.2, 0.25) is 0 Å². The first-order valence-electron chi connectivity index (χ1n) is 9.15. The normalized spacial score (nSPS) is 10.7. The molecule has 3 aromatic rings. The van der Waals surface area contributed by atoms with Crippen LogP contribution in [0.4, 0.5) is 14.5 Å². The third-order valence-corrected chi connectivity index (χ3v) is 4.65. The molecule has 28 heavy (non-hydrogen) atoms. The number of anilines is 1. The maximum absolute atomic E-state index is 14.4. The van der Waals surface area contributed by atoms with Crippen molar-refractivity contribution in [1.29, 1.82) is 0 Å². The van der Waals surface area contributed by atoms with Crippen LogP contribution in [0.3, 0.4) is 0 Å². The van der Waals surface area contributed by atoms with Gasteiger partial charge in [0.05, 0.1) is 17.9 Å². The molecular weight excluding hydrogens is 358 g/mol. The van der Waals surface area contributed by atoms with Crippen LogP contribution in [0.25, 0.3) is 0 Å². The molecule has 0 unspecified atom stereocenters. The predicted molar refractivity (Wildman–Crippen MR) is 106 cm³/mol. The Morgan fingerprint density at radius 3 is 2.54 bits per heavy atom. The Kier molecular flexibility index (Phi) is 6.14. The van der Waals surface area contributed by atoms with Gasteiger partial charge >= 0.3 is 0 Å².